The van der Waals surface area contributed by atoms with Gasteiger partial charge in [-0.3, -0.25) is 0 Å². The highest BCUT2D eigenvalue weighted by molar-refractivity contribution is 5.82. The minimum absolute atomic E-state index is 0.153. The number of hydrogen-bond acceptors (Lipinski definition) is 3. The van der Waals surface area contributed by atoms with Gasteiger partial charge in [-0.05, 0) is 25.2 Å². The predicted octanol–water partition coefficient (Wildman–Crippen LogP) is 0.618. The lowest BCUT2D eigenvalue weighted by molar-refractivity contribution is -0.139. The maximum atomic E-state index is 11.9. The van der Waals surface area contributed by atoms with Gasteiger partial charge >= 0.3 is 12.0 Å². The highest BCUT2D eigenvalue weighted by Gasteiger charge is 2.26. The third-order valence-corrected chi connectivity index (χ3v) is 3.13. The number of nitrogens with zero attached hydrogens (tertiary/aromatic N) is 1. The molecule has 1 rings (SSSR count). The molecule has 1 atom stereocenters. The van der Waals surface area contributed by atoms with Crippen molar-refractivity contribution in [3.8, 4) is 0 Å². The van der Waals surface area contributed by atoms with E-state index in [9.17, 15) is 9.59 Å². The first-order valence-electron chi connectivity index (χ1n) is 6.44. The molecule has 4 N–H and O–H groups in total. The fourth-order valence-corrected chi connectivity index (χ4v) is 2.04. The molecule has 2 amide bonds. The van der Waals surface area contributed by atoms with Crippen LogP contribution in [0.5, 0.6) is 0 Å². The molecule has 6 nitrogen and oxygen atoms in total. The largest absolute Gasteiger partial charge is 0.480 e. The van der Waals surface area contributed by atoms with E-state index < -0.39 is 12.0 Å². The number of amides is 2. The van der Waals surface area contributed by atoms with Crippen molar-refractivity contribution in [3.63, 3.8) is 0 Å². The van der Waals surface area contributed by atoms with Crippen LogP contribution in [0.1, 0.15) is 33.1 Å². The van der Waals surface area contributed by atoms with E-state index in [-0.39, 0.29) is 18.0 Å². The van der Waals surface area contributed by atoms with Crippen LogP contribution in [0.2, 0.25) is 0 Å². The summed E-state index contributed by atoms with van der Waals surface area (Å²) in [6.07, 6.45) is 1.99. The summed E-state index contributed by atoms with van der Waals surface area (Å²) in [5, 5.41) is 11.6. The van der Waals surface area contributed by atoms with Crippen molar-refractivity contribution < 1.29 is 14.7 Å². The maximum absolute atomic E-state index is 11.9. The average molecular weight is 257 g/mol. The molecule has 1 heterocycles. The summed E-state index contributed by atoms with van der Waals surface area (Å²) in [4.78, 5) is 24.6. The second kappa shape index (κ2) is 6.58. The first kappa shape index (κ1) is 14.8. The summed E-state index contributed by atoms with van der Waals surface area (Å²) < 4.78 is 0. The van der Waals surface area contributed by atoms with Gasteiger partial charge in [0.25, 0.3) is 0 Å². The summed E-state index contributed by atoms with van der Waals surface area (Å²) in [7, 11) is 0. The van der Waals surface area contributed by atoms with Gasteiger partial charge in [0.2, 0.25) is 0 Å². The van der Waals surface area contributed by atoms with E-state index >= 15 is 0 Å². The van der Waals surface area contributed by atoms with Gasteiger partial charge in [-0.25, -0.2) is 9.59 Å². The molecule has 0 spiro atoms. The van der Waals surface area contributed by atoms with Gasteiger partial charge in [-0.1, -0.05) is 13.8 Å². The minimum Gasteiger partial charge on any atom is -0.480 e. The number of carboxylic acid groups (broad SMARTS) is 1. The lowest BCUT2D eigenvalue weighted by atomic mass is 10.0. The van der Waals surface area contributed by atoms with E-state index in [0.717, 1.165) is 12.8 Å². The zero-order valence-corrected chi connectivity index (χ0v) is 11.1. The first-order chi connectivity index (χ1) is 8.40. The fourth-order valence-electron chi connectivity index (χ4n) is 2.04. The molecule has 1 aliphatic rings. The Morgan fingerprint density at radius 1 is 1.39 bits per heavy atom. The SMILES string of the molecule is CC(C)C[C@H](NC(=O)N1CCC(N)CC1)C(=O)O. The number of carbonyl (C=O) groups is 2. The molecule has 0 radical (unpaired) electrons. The minimum atomic E-state index is -0.981. The van der Waals surface area contributed by atoms with Crippen molar-refractivity contribution in [1.82, 2.24) is 10.2 Å². The summed E-state index contributed by atoms with van der Waals surface area (Å²) >= 11 is 0. The van der Waals surface area contributed by atoms with Crippen LogP contribution < -0.4 is 11.1 Å². The Labute approximate surface area is 108 Å². The highest BCUT2D eigenvalue weighted by atomic mass is 16.4. The van der Waals surface area contributed by atoms with Gasteiger partial charge in [0.1, 0.15) is 6.04 Å². The van der Waals surface area contributed by atoms with Crippen LogP contribution >= 0.6 is 0 Å². The van der Waals surface area contributed by atoms with E-state index in [0.29, 0.717) is 19.5 Å². The molecular weight excluding hydrogens is 234 g/mol. The van der Waals surface area contributed by atoms with Crippen molar-refractivity contribution in [2.45, 2.75) is 45.2 Å². The zero-order valence-electron chi connectivity index (χ0n) is 11.1. The topological polar surface area (TPSA) is 95.7 Å². The van der Waals surface area contributed by atoms with Gasteiger partial charge in [-0.15, -0.1) is 0 Å². The van der Waals surface area contributed by atoms with Gasteiger partial charge < -0.3 is 21.1 Å². The highest BCUT2D eigenvalue weighted by Crippen LogP contribution is 2.10. The van der Waals surface area contributed by atoms with E-state index in [4.69, 9.17) is 10.8 Å². The number of nitrogens with one attached hydrogen (secondary N) is 1. The molecule has 1 fully saturated rings. The van der Waals surface area contributed by atoms with Crippen molar-refractivity contribution >= 4 is 12.0 Å². The quantitative estimate of drug-likeness (QED) is 0.688. The fraction of sp³-hybridized carbons (Fsp3) is 0.833. The summed E-state index contributed by atoms with van der Waals surface area (Å²) in [6, 6.07) is -0.956. The second-order valence-corrected chi connectivity index (χ2v) is 5.29. The number of likely N-dealkylation sites (tertiary alicyclic amines) is 1. The van der Waals surface area contributed by atoms with Crippen molar-refractivity contribution in [2.75, 3.05) is 13.1 Å². The number of piperidine rings is 1. The van der Waals surface area contributed by atoms with E-state index in [1.807, 2.05) is 13.8 Å². The van der Waals surface area contributed by atoms with E-state index in [1.54, 1.807) is 4.90 Å². The Kier molecular flexibility index (Phi) is 5.40. The van der Waals surface area contributed by atoms with Crippen LogP contribution in [-0.4, -0.2) is 47.2 Å². The summed E-state index contributed by atoms with van der Waals surface area (Å²) in [6.45, 7) is 5.06. The molecule has 1 aliphatic heterocycles. The monoisotopic (exact) mass is 257 g/mol. The normalized spacial score (nSPS) is 18.8. The van der Waals surface area contributed by atoms with Gasteiger partial charge in [0.15, 0.2) is 0 Å². The van der Waals surface area contributed by atoms with Crippen LogP contribution in [-0.2, 0) is 4.79 Å². The molecule has 0 aromatic carbocycles. The molecule has 18 heavy (non-hydrogen) atoms. The molecule has 1 saturated heterocycles. The molecule has 0 aromatic rings. The lowest BCUT2D eigenvalue weighted by Crippen LogP contribution is -2.51. The predicted molar refractivity (Wildman–Crippen MR) is 68.2 cm³/mol. The molecule has 104 valence electrons. The van der Waals surface area contributed by atoms with Crippen LogP contribution in [0.25, 0.3) is 0 Å². The summed E-state index contributed by atoms with van der Waals surface area (Å²) in [5.74, 6) is -0.757. The standard InChI is InChI=1S/C12H23N3O3/c1-8(2)7-10(11(16)17)14-12(18)15-5-3-9(13)4-6-15/h8-10H,3-7,13H2,1-2H3,(H,14,18)(H,16,17)/t10-/m0/s1. The number of aliphatic carboxylic acids is 1. The first-order valence-corrected chi connectivity index (χ1v) is 6.44. The molecule has 0 bridgehead atoms. The van der Waals surface area contributed by atoms with Crippen molar-refractivity contribution in [3.05, 3.63) is 0 Å². The Bertz CT molecular complexity index is 299. The molecule has 0 saturated carbocycles. The van der Waals surface area contributed by atoms with Gasteiger partial charge in [0.05, 0.1) is 0 Å². The van der Waals surface area contributed by atoms with Gasteiger partial charge in [-0.2, -0.15) is 0 Å². The Balaban J connectivity index is 2.48. The molecular formula is C12H23N3O3. The Hall–Kier alpha value is -1.30. The third kappa shape index (κ3) is 4.52. The number of nitrogens with two attached hydrogens (primary N) is 1. The van der Waals surface area contributed by atoms with Crippen LogP contribution in [0.3, 0.4) is 0 Å². The van der Waals surface area contributed by atoms with Crippen LogP contribution in [0.4, 0.5) is 4.79 Å². The molecule has 0 aliphatic carbocycles. The molecule has 0 aromatic heterocycles. The Morgan fingerprint density at radius 3 is 2.39 bits per heavy atom. The Morgan fingerprint density at radius 2 is 1.94 bits per heavy atom. The van der Waals surface area contributed by atoms with E-state index in [2.05, 4.69) is 5.32 Å². The molecule has 0 unspecified atom stereocenters. The maximum Gasteiger partial charge on any atom is 0.326 e. The van der Waals surface area contributed by atoms with Crippen LogP contribution in [0.15, 0.2) is 0 Å². The van der Waals surface area contributed by atoms with Crippen LogP contribution in [0, 0.1) is 5.92 Å². The number of carboxylic acids is 1. The van der Waals surface area contributed by atoms with Crippen molar-refractivity contribution in [1.29, 1.82) is 0 Å². The number of carbonyl (C=O) groups excluding carboxylic acids is 1. The second-order valence-electron chi connectivity index (χ2n) is 5.29. The number of urea groups is 1. The summed E-state index contributed by atoms with van der Waals surface area (Å²) in [5.41, 5.74) is 5.76. The van der Waals surface area contributed by atoms with Crippen molar-refractivity contribution in [2.24, 2.45) is 11.7 Å². The third-order valence-electron chi connectivity index (χ3n) is 3.13. The average Bonchev–Trinajstić information content (AvgIpc) is 2.28. The lowest BCUT2D eigenvalue weighted by Gasteiger charge is -2.31. The smallest absolute Gasteiger partial charge is 0.326 e. The number of rotatable bonds is 4. The number of hydrogen-bond donors (Lipinski definition) is 3. The molecule has 6 heteroatoms. The van der Waals surface area contributed by atoms with Gasteiger partial charge in [0, 0.05) is 19.1 Å². The van der Waals surface area contributed by atoms with E-state index in [1.165, 1.54) is 0 Å². The zero-order chi connectivity index (χ0) is 13.7.